The second-order valence-electron chi connectivity index (χ2n) is 7.90. The SMILES string of the molecule is CC(C)(C)c1cc(-c2c(Cl)cccc2Br)cc(C(C)(C)C)c1. The molecule has 0 heterocycles. The molecule has 118 valence electrons. The monoisotopic (exact) mass is 378 g/mol. The maximum absolute atomic E-state index is 6.47. The second kappa shape index (κ2) is 6.02. The summed E-state index contributed by atoms with van der Waals surface area (Å²) in [6.45, 7) is 13.5. The molecular formula is C20H24BrCl. The van der Waals surface area contributed by atoms with E-state index in [-0.39, 0.29) is 10.8 Å². The lowest BCUT2D eigenvalue weighted by Crippen LogP contribution is -2.16. The van der Waals surface area contributed by atoms with Gasteiger partial charge in [-0.15, -0.1) is 0 Å². The van der Waals surface area contributed by atoms with Crippen LogP contribution in [0.1, 0.15) is 52.7 Å². The first-order valence-corrected chi connectivity index (χ1v) is 8.77. The normalized spacial score (nSPS) is 12.5. The Kier molecular flexibility index (Phi) is 4.80. The highest BCUT2D eigenvalue weighted by molar-refractivity contribution is 9.10. The van der Waals surface area contributed by atoms with Crippen LogP contribution in [0.3, 0.4) is 0 Å². The fraction of sp³-hybridized carbons (Fsp3) is 0.400. The largest absolute Gasteiger partial charge is 0.0836 e. The molecule has 0 amide bonds. The summed E-state index contributed by atoms with van der Waals surface area (Å²) in [5.74, 6) is 0. The molecular weight excluding hydrogens is 356 g/mol. The predicted molar refractivity (Wildman–Crippen MR) is 102 cm³/mol. The van der Waals surface area contributed by atoms with Crippen LogP contribution in [0, 0.1) is 0 Å². The summed E-state index contributed by atoms with van der Waals surface area (Å²) in [5.41, 5.74) is 5.12. The molecule has 0 nitrogen and oxygen atoms in total. The summed E-state index contributed by atoms with van der Waals surface area (Å²) in [7, 11) is 0. The molecule has 0 aliphatic heterocycles. The molecule has 0 spiro atoms. The summed E-state index contributed by atoms with van der Waals surface area (Å²) in [4.78, 5) is 0. The fourth-order valence-electron chi connectivity index (χ4n) is 2.41. The Labute approximate surface area is 148 Å². The Balaban J connectivity index is 2.76. The summed E-state index contributed by atoms with van der Waals surface area (Å²) < 4.78 is 1.03. The third-order valence-corrected chi connectivity index (χ3v) is 4.89. The van der Waals surface area contributed by atoms with Crippen molar-refractivity contribution < 1.29 is 0 Å². The molecule has 0 saturated carbocycles. The van der Waals surface area contributed by atoms with Gasteiger partial charge >= 0.3 is 0 Å². The minimum Gasteiger partial charge on any atom is -0.0836 e. The molecule has 0 aliphatic rings. The molecule has 0 N–H and O–H groups in total. The average Bonchev–Trinajstić information content (AvgIpc) is 2.36. The molecule has 2 heteroatoms. The van der Waals surface area contributed by atoms with Crippen LogP contribution in [-0.2, 0) is 10.8 Å². The van der Waals surface area contributed by atoms with E-state index in [0.717, 1.165) is 15.1 Å². The zero-order valence-corrected chi connectivity index (χ0v) is 16.6. The number of hydrogen-bond donors (Lipinski definition) is 0. The van der Waals surface area contributed by atoms with Gasteiger partial charge in [0.1, 0.15) is 0 Å². The summed E-state index contributed by atoms with van der Waals surface area (Å²) in [5, 5.41) is 0.778. The Bertz CT molecular complexity index is 635. The first-order valence-electron chi connectivity index (χ1n) is 7.60. The van der Waals surface area contributed by atoms with E-state index in [4.69, 9.17) is 11.6 Å². The third-order valence-electron chi connectivity index (χ3n) is 3.92. The van der Waals surface area contributed by atoms with Crippen molar-refractivity contribution in [3.05, 3.63) is 57.0 Å². The van der Waals surface area contributed by atoms with Crippen molar-refractivity contribution in [3.63, 3.8) is 0 Å². The quantitative estimate of drug-likeness (QED) is 0.485. The number of halogens is 2. The molecule has 2 rings (SSSR count). The molecule has 0 aliphatic carbocycles. The van der Waals surface area contributed by atoms with Crippen molar-refractivity contribution in [1.82, 2.24) is 0 Å². The van der Waals surface area contributed by atoms with Crippen LogP contribution in [0.4, 0.5) is 0 Å². The van der Waals surface area contributed by atoms with Crippen LogP contribution in [0.5, 0.6) is 0 Å². The molecule has 0 radical (unpaired) electrons. The molecule has 0 atom stereocenters. The van der Waals surface area contributed by atoms with Gasteiger partial charge in [0.05, 0.1) is 0 Å². The summed E-state index contributed by atoms with van der Waals surface area (Å²) in [6.07, 6.45) is 0. The maximum atomic E-state index is 6.47. The van der Waals surface area contributed by atoms with Gasteiger partial charge in [0.15, 0.2) is 0 Å². The molecule has 0 unspecified atom stereocenters. The van der Waals surface area contributed by atoms with E-state index in [9.17, 15) is 0 Å². The van der Waals surface area contributed by atoms with Crippen molar-refractivity contribution >= 4 is 27.5 Å². The second-order valence-corrected chi connectivity index (χ2v) is 9.16. The van der Waals surface area contributed by atoms with Gasteiger partial charge in [0.2, 0.25) is 0 Å². The van der Waals surface area contributed by atoms with E-state index in [1.807, 2.05) is 18.2 Å². The van der Waals surface area contributed by atoms with Gasteiger partial charge in [-0.2, -0.15) is 0 Å². The molecule has 2 aromatic rings. The van der Waals surface area contributed by atoms with E-state index >= 15 is 0 Å². The lowest BCUT2D eigenvalue weighted by molar-refractivity contribution is 0.569. The minimum atomic E-state index is 0.101. The Morgan fingerprint density at radius 3 is 1.73 bits per heavy atom. The van der Waals surface area contributed by atoms with E-state index in [1.54, 1.807) is 0 Å². The maximum Gasteiger partial charge on any atom is 0.0495 e. The van der Waals surface area contributed by atoms with Crippen molar-refractivity contribution in [3.8, 4) is 11.1 Å². The Morgan fingerprint density at radius 2 is 1.32 bits per heavy atom. The average molecular weight is 380 g/mol. The lowest BCUT2D eigenvalue weighted by atomic mass is 9.79. The van der Waals surface area contributed by atoms with Gasteiger partial charge in [-0.25, -0.2) is 0 Å². The molecule has 22 heavy (non-hydrogen) atoms. The standard InChI is InChI=1S/C20H24BrCl/c1-19(2,3)14-10-13(11-15(12-14)20(4,5)6)18-16(21)8-7-9-17(18)22/h7-12H,1-6H3. The fourth-order valence-corrected chi connectivity index (χ4v) is 3.40. The molecule has 0 aromatic heterocycles. The van der Waals surface area contributed by atoms with E-state index in [2.05, 4.69) is 75.7 Å². The van der Waals surface area contributed by atoms with Crippen molar-refractivity contribution in [2.24, 2.45) is 0 Å². The molecule has 0 saturated heterocycles. The summed E-state index contributed by atoms with van der Waals surface area (Å²) in [6, 6.07) is 12.8. The third kappa shape index (κ3) is 3.75. The smallest absolute Gasteiger partial charge is 0.0495 e. The number of benzene rings is 2. The summed E-state index contributed by atoms with van der Waals surface area (Å²) >= 11 is 10.1. The van der Waals surface area contributed by atoms with E-state index in [1.165, 1.54) is 16.7 Å². The van der Waals surface area contributed by atoms with Gasteiger partial charge in [0.25, 0.3) is 0 Å². The van der Waals surface area contributed by atoms with Crippen LogP contribution < -0.4 is 0 Å². The van der Waals surface area contributed by atoms with Gasteiger partial charge in [-0.3, -0.25) is 0 Å². The topological polar surface area (TPSA) is 0 Å². The molecule has 0 fully saturated rings. The van der Waals surface area contributed by atoms with Gasteiger partial charge in [-0.1, -0.05) is 93.3 Å². The van der Waals surface area contributed by atoms with E-state index in [0.29, 0.717) is 0 Å². The highest BCUT2D eigenvalue weighted by Crippen LogP contribution is 2.39. The molecule has 0 bridgehead atoms. The predicted octanol–water partition coefficient (Wildman–Crippen LogP) is 7.36. The van der Waals surface area contributed by atoms with Gasteiger partial charge in [0, 0.05) is 15.1 Å². The first kappa shape index (κ1) is 17.6. The highest BCUT2D eigenvalue weighted by Gasteiger charge is 2.22. The van der Waals surface area contributed by atoms with Gasteiger partial charge in [-0.05, 0) is 39.7 Å². The highest BCUT2D eigenvalue weighted by atomic mass is 79.9. The Hall–Kier alpha value is -0.790. The van der Waals surface area contributed by atoms with Crippen molar-refractivity contribution in [1.29, 1.82) is 0 Å². The number of hydrogen-bond acceptors (Lipinski definition) is 0. The Morgan fingerprint density at radius 1 is 0.818 bits per heavy atom. The van der Waals surface area contributed by atoms with E-state index < -0.39 is 0 Å². The zero-order chi connectivity index (χ0) is 16.7. The first-order chi connectivity index (χ1) is 10.00. The van der Waals surface area contributed by atoms with Crippen LogP contribution in [-0.4, -0.2) is 0 Å². The lowest BCUT2D eigenvalue weighted by Gasteiger charge is -2.26. The minimum absolute atomic E-state index is 0.101. The van der Waals surface area contributed by atoms with Crippen LogP contribution in [0.25, 0.3) is 11.1 Å². The number of rotatable bonds is 1. The van der Waals surface area contributed by atoms with Crippen molar-refractivity contribution in [2.45, 2.75) is 52.4 Å². The van der Waals surface area contributed by atoms with Gasteiger partial charge < -0.3 is 0 Å². The van der Waals surface area contributed by atoms with Crippen LogP contribution >= 0.6 is 27.5 Å². The van der Waals surface area contributed by atoms with Crippen LogP contribution in [0.2, 0.25) is 5.02 Å². The van der Waals surface area contributed by atoms with Crippen LogP contribution in [0.15, 0.2) is 40.9 Å². The van der Waals surface area contributed by atoms with Crippen molar-refractivity contribution in [2.75, 3.05) is 0 Å². The zero-order valence-electron chi connectivity index (χ0n) is 14.2. The molecule has 2 aromatic carbocycles.